The van der Waals surface area contributed by atoms with Crippen LogP contribution >= 0.6 is 35.3 Å². The van der Waals surface area contributed by atoms with Gasteiger partial charge in [-0.05, 0) is 26.0 Å². The molecule has 2 aromatic heterocycles. The molecule has 22 heavy (non-hydrogen) atoms. The van der Waals surface area contributed by atoms with Crippen molar-refractivity contribution in [2.45, 2.75) is 26.8 Å². The van der Waals surface area contributed by atoms with Gasteiger partial charge in [0.15, 0.2) is 5.96 Å². The standard InChI is InChI=1S/C15H23N5S.HI/c1-11-14(21-12(2)19-11)7-9-18-15(16-3)20(4)10-13-6-5-8-17-13;/h5-6,8,17H,7,9-10H2,1-4H3,(H,16,18);1H. The smallest absolute Gasteiger partial charge is 0.193 e. The zero-order valence-electron chi connectivity index (χ0n) is 13.5. The first-order valence-electron chi connectivity index (χ1n) is 7.07. The van der Waals surface area contributed by atoms with Crippen molar-refractivity contribution < 1.29 is 0 Å². The number of thiazole rings is 1. The first-order chi connectivity index (χ1) is 10.1. The Hall–Kier alpha value is -1.09. The Labute approximate surface area is 153 Å². The maximum absolute atomic E-state index is 4.46. The van der Waals surface area contributed by atoms with Crippen LogP contribution in [0, 0.1) is 13.8 Å². The third kappa shape index (κ3) is 5.28. The molecule has 0 aliphatic rings. The quantitative estimate of drug-likeness (QED) is 0.433. The van der Waals surface area contributed by atoms with Crippen LogP contribution in [0.4, 0.5) is 0 Å². The van der Waals surface area contributed by atoms with E-state index in [4.69, 9.17) is 0 Å². The lowest BCUT2D eigenvalue weighted by atomic mass is 10.3. The molecule has 2 heterocycles. The van der Waals surface area contributed by atoms with Crippen LogP contribution in [0.5, 0.6) is 0 Å². The van der Waals surface area contributed by atoms with Crippen LogP contribution in [-0.2, 0) is 13.0 Å². The van der Waals surface area contributed by atoms with E-state index in [1.54, 1.807) is 11.3 Å². The molecule has 0 atom stereocenters. The summed E-state index contributed by atoms with van der Waals surface area (Å²) in [6, 6.07) is 4.08. The minimum atomic E-state index is 0. The summed E-state index contributed by atoms with van der Waals surface area (Å²) < 4.78 is 0. The first-order valence-corrected chi connectivity index (χ1v) is 7.88. The van der Waals surface area contributed by atoms with Crippen LogP contribution in [0.15, 0.2) is 23.3 Å². The van der Waals surface area contributed by atoms with Crippen molar-refractivity contribution in [1.82, 2.24) is 20.2 Å². The Kier molecular flexibility index (Phi) is 7.88. The van der Waals surface area contributed by atoms with Gasteiger partial charge in [-0.1, -0.05) is 0 Å². The third-order valence-corrected chi connectivity index (χ3v) is 4.41. The van der Waals surface area contributed by atoms with Crippen molar-refractivity contribution in [1.29, 1.82) is 0 Å². The highest BCUT2D eigenvalue weighted by Gasteiger charge is 2.08. The van der Waals surface area contributed by atoms with Crippen molar-refractivity contribution >= 4 is 41.3 Å². The van der Waals surface area contributed by atoms with Gasteiger partial charge in [-0.3, -0.25) is 4.99 Å². The van der Waals surface area contributed by atoms with Gasteiger partial charge in [0.25, 0.3) is 0 Å². The van der Waals surface area contributed by atoms with Crippen molar-refractivity contribution in [3.05, 3.63) is 39.6 Å². The molecule has 0 saturated carbocycles. The van der Waals surface area contributed by atoms with Crippen LogP contribution in [-0.4, -0.2) is 41.5 Å². The SMILES string of the molecule is CN=C(NCCc1sc(C)nc1C)N(C)Cc1ccc[nH]1.I. The molecule has 0 radical (unpaired) electrons. The van der Waals surface area contributed by atoms with Gasteiger partial charge in [0.1, 0.15) is 0 Å². The topological polar surface area (TPSA) is 56.3 Å². The highest BCUT2D eigenvalue weighted by Crippen LogP contribution is 2.17. The van der Waals surface area contributed by atoms with E-state index in [1.807, 2.05) is 26.4 Å². The molecule has 2 N–H and O–H groups in total. The summed E-state index contributed by atoms with van der Waals surface area (Å²) in [7, 11) is 3.86. The van der Waals surface area contributed by atoms with Gasteiger partial charge in [-0.15, -0.1) is 35.3 Å². The van der Waals surface area contributed by atoms with E-state index in [2.05, 4.69) is 45.1 Å². The lowest BCUT2D eigenvalue weighted by Gasteiger charge is -2.21. The summed E-state index contributed by atoms with van der Waals surface area (Å²) in [4.78, 5) is 15.5. The summed E-state index contributed by atoms with van der Waals surface area (Å²) in [5.74, 6) is 0.906. The van der Waals surface area contributed by atoms with E-state index in [9.17, 15) is 0 Å². The Bertz CT molecular complexity index is 591. The lowest BCUT2D eigenvalue weighted by Crippen LogP contribution is -2.39. The number of guanidine groups is 1. The van der Waals surface area contributed by atoms with Gasteiger partial charge in [0.2, 0.25) is 0 Å². The Morgan fingerprint density at radius 1 is 1.45 bits per heavy atom. The minimum Gasteiger partial charge on any atom is -0.364 e. The van der Waals surface area contributed by atoms with Gasteiger partial charge < -0.3 is 15.2 Å². The summed E-state index contributed by atoms with van der Waals surface area (Å²) in [6.07, 6.45) is 2.92. The monoisotopic (exact) mass is 433 g/mol. The Balaban J connectivity index is 0.00000242. The summed E-state index contributed by atoms with van der Waals surface area (Å²) in [6.45, 7) is 5.80. The first kappa shape index (κ1) is 19.0. The highest BCUT2D eigenvalue weighted by atomic mass is 127. The fourth-order valence-corrected chi connectivity index (χ4v) is 3.21. The Morgan fingerprint density at radius 3 is 2.77 bits per heavy atom. The van der Waals surface area contributed by atoms with E-state index >= 15 is 0 Å². The second-order valence-electron chi connectivity index (χ2n) is 5.02. The molecule has 0 fully saturated rings. The number of aromatic nitrogens is 2. The lowest BCUT2D eigenvalue weighted by molar-refractivity contribution is 0.471. The Morgan fingerprint density at radius 2 is 2.23 bits per heavy atom. The number of nitrogens with one attached hydrogen (secondary N) is 2. The second kappa shape index (κ2) is 9.14. The number of aliphatic imine (C=N–C) groups is 1. The molecule has 5 nitrogen and oxygen atoms in total. The van der Waals surface area contributed by atoms with Crippen molar-refractivity contribution in [3.63, 3.8) is 0 Å². The van der Waals surface area contributed by atoms with Crippen LogP contribution in [0.1, 0.15) is 21.3 Å². The van der Waals surface area contributed by atoms with E-state index < -0.39 is 0 Å². The molecular formula is C15H24IN5S. The molecule has 122 valence electrons. The molecule has 7 heteroatoms. The van der Waals surface area contributed by atoms with Crippen LogP contribution in [0.3, 0.4) is 0 Å². The van der Waals surface area contributed by atoms with Gasteiger partial charge in [-0.25, -0.2) is 4.98 Å². The second-order valence-corrected chi connectivity index (χ2v) is 6.30. The minimum absolute atomic E-state index is 0. The number of aryl methyl sites for hydroxylation is 2. The number of halogens is 1. The third-order valence-electron chi connectivity index (χ3n) is 3.28. The van der Waals surface area contributed by atoms with Crippen LogP contribution in [0.2, 0.25) is 0 Å². The van der Waals surface area contributed by atoms with E-state index in [-0.39, 0.29) is 24.0 Å². The average Bonchev–Trinajstić information content (AvgIpc) is 3.05. The maximum Gasteiger partial charge on any atom is 0.193 e. The highest BCUT2D eigenvalue weighted by molar-refractivity contribution is 14.0. The summed E-state index contributed by atoms with van der Waals surface area (Å²) >= 11 is 1.78. The number of nitrogens with zero attached hydrogens (tertiary/aromatic N) is 3. The van der Waals surface area contributed by atoms with Gasteiger partial charge in [0, 0.05) is 43.8 Å². The largest absolute Gasteiger partial charge is 0.364 e. The summed E-state index contributed by atoms with van der Waals surface area (Å²) in [5.41, 5.74) is 2.32. The predicted molar refractivity (Wildman–Crippen MR) is 104 cm³/mol. The number of hydrogen-bond donors (Lipinski definition) is 2. The van der Waals surface area contributed by atoms with Crippen LogP contribution < -0.4 is 5.32 Å². The molecule has 0 aliphatic carbocycles. The molecule has 0 saturated heterocycles. The average molecular weight is 433 g/mol. The molecule has 0 amide bonds. The summed E-state index contributed by atoms with van der Waals surface area (Å²) in [5, 5.41) is 4.54. The number of rotatable bonds is 5. The number of H-pyrrole nitrogens is 1. The number of aromatic amines is 1. The molecule has 2 rings (SSSR count). The number of hydrogen-bond acceptors (Lipinski definition) is 3. The van der Waals surface area contributed by atoms with E-state index in [0.29, 0.717) is 0 Å². The normalized spacial score (nSPS) is 11.2. The zero-order chi connectivity index (χ0) is 15.2. The zero-order valence-corrected chi connectivity index (χ0v) is 16.7. The molecular weight excluding hydrogens is 409 g/mol. The van der Waals surface area contributed by atoms with Crippen LogP contribution in [0.25, 0.3) is 0 Å². The molecule has 0 aliphatic heterocycles. The van der Waals surface area contributed by atoms with Crippen molar-refractivity contribution in [2.24, 2.45) is 4.99 Å². The molecule has 2 aromatic rings. The van der Waals surface area contributed by atoms with Gasteiger partial charge in [-0.2, -0.15) is 0 Å². The molecule has 0 spiro atoms. The fourth-order valence-electron chi connectivity index (χ4n) is 2.27. The predicted octanol–water partition coefficient (Wildman–Crippen LogP) is 2.96. The maximum atomic E-state index is 4.46. The van der Waals surface area contributed by atoms with Crippen molar-refractivity contribution in [2.75, 3.05) is 20.6 Å². The fraction of sp³-hybridized carbons (Fsp3) is 0.467. The molecule has 0 unspecified atom stereocenters. The van der Waals surface area contributed by atoms with Crippen molar-refractivity contribution in [3.8, 4) is 0 Å². The van der Waals surface area contributed by atoms with Gasteiger partial charge in [0.05, 0.1) is 17.2 Å². The molecule has 0 aromatic carbocycles. The van der Waals surface area contributed by atoms with E-state index in [0.717, 1.165) is 36.2 Å². The van der Waals surface area contributed by atoms with Gasteiger partial charge >= 0.3 is 0 Å². The molecule has 0 bridgehead atoms. The van der Waals surface area contributed by atoms with E-state index in [1.165, 1.54) is 10.6 Å².